The van der Waals surface area contributed by atoms with Gasteiger partial charge in [0.05, 0.1) is 23.3 Å². The maximum absolute atomic E-state index is 11.2. The Morgan fingerprint density at radius 3 is 2.84 bits per heavy atom. The lowest BCUT2D eigenvalue weighted by molar-refractivity contribution is -0.385. The number of hydrogen-bond donors (Lipinski definition) is 1. The summed E-state index contributed by atoms with van der Waals surface area (Å²) in [7, 11) is 0. The van der Waals surface area contributed by atoms with Gasteiger partial charge in [-0.1, -0.05) is 6.07 Å². The molecule has 0 aliphatic carbocycles. The molecule has 4 rings (SSSR count). The van der Waals surface area contributed by atoms with Crippen LogP contribution in [0.4, 0.5) is 11.4 Å². The molecule has 31 heavy (non-hydrogen) atoms. The zero-order chi connectivity index (χ0) is 22.0. The molecule has 0 bridgehead atoms. The summed E-state index contributed by atoms with van der Waals surface area (Å²) in [6.07, 6.45) is 1.35. The molecule has 0 amide bonds. The van der Waals surface area contributed by atoms with Crippen LogP contribution in [0, 0.1) is 13.7 Å². The van der Waals surface area contributed by atoms with Crippen LogP contribution in [0.3, 0.4) is 0 Å². The number of rotatable bonds is 6. The number of phenolic OH excluding ortho intramolecular Hbond substituents is 1. The largest absolute Gasteiger partial charge is 0.504 e. The third-order valence-electron chi connectivity index (χ3n) is 4.40. The maximum atomic E-state index is 11.2. The molecule has 1 heterocycles. The maximum Gasteiger partial charge on any atom is 0.274 e. The SMILES string of the molecule is CCOc1cc([N+](=O)[O-])cc(C=Nc2ccc3oc(-c4cccc(I)c4)nc3c2)c1O. The van der Waals surface area contributed by atoms with Crippen LogP contribution in [-0.2, 0) is 0 Å². The lowest BCUT2D eigenvalue weighted by Gasteiger charge is -2.07. The van der Waals surface area contributed by atoms with Crippen LogP contribution >= 0.6 is 22.6 Å². The molecule has 0 spiro atoms. The van der Waals surface area contributed by atoms with E-state index < -0.39 is 4.92 Å². The number of phenols is 1. The van der Waals surface area contributed by atoms with Crippen LogP contribution in [0.2, 0.25) is 0 Å². The first-order chi connectivity index (χ1) is 14.9. The van der Waals surface area contributed by atoms with Crippen molar-refractivity contribution in [3.8, 4) is 23.0 Å². The number of aromatic nitrogens is 1. The molecular formula is C22H16IN3O5. The Balaban J connectivity index is 1.68. The highest BCUT2D eigenvalue weighted by Gasteiger charge is 2.16. The second kappa shape index (κ2) is 8.72. The predicted molar refractivity (Wildman–Crippen MR) is 125 cm³/mol. The van der Waals surface area contributed by atoms with Gasteiger partial charge in [0.25, 0.3) is 5.69 Å². The van der Waals surface area contributed by atoms with Gasteiger partial charge in [-0.25, -0.2) is 4.98 Å². The molecule has 0 unspecified atom stereocenters. The lowest BCUT2D eigenvalue weighted by Crippen LogP contribution is -1.97. The van der Waals surface area contributed by atoms with Crippen molar-refractivity contribution in [3.05, 3.63) is 73.8 Å². The second-order valence-electron chi connectivity index (χ2n) is 6.51. The number of oxazole rings is 1. The van der Waals surface area contributed by atoms with Gasteiger partial charge in [0, 0.05) is 27.0 Å². The number of nitrogens with zero attached hydrogens (tertiary/aromatic N) is 3. The highest BCUT2D eigenvalue weighted by molar-refractivity contribution is 14.1. The molecule has 9 heteroatoms. The second-order valence-corrected chi connectivity index (χ2v) is 7.76. The molecule has 3 aromatic carbocycles. The first-order valence-corrected chi connectivity index (χ1v) is 10.4. The highest BCUT2D eigenvalue weighted by atomic mass is 127. The number of non-ortho nitro benzene ring substituents is 1. The molecule has 0 radical (unpaired) electrons. The van der Waals surface area contributed by atoms with E-state index >= 15 is 0 Å². The number of halogens is 1. The number of ether oxygens (including phenoxy) is 1. The summed E-state index contributed by atoms with van der Waals surface area (Å²) >= 11 is 2.23. The Hall–Kier alpha value is -3.47. The predicted octanol–water partition coefficient (Wildman–Crippen LogP) is 5.86. The fraction of sp³-hybridized carbons (Fsp3) is 0.0909. The quantitative estimate of drug-likeness (QED) is 0.145. The van der Waals surface area contributed by atoms with Crippen LogP contribution in [0.15, 0.2) is 64.0 Å². The average Bonchev–Trinajstić information content (AvgIpc) is 3.18. The first kappa shape index (κ1) is 20.8. The number of nitro groups is 1. The van der Waals surface area contributed by atoms with E-state index in [1.807, 2.05) is 24.3 Å². The molecular weight excluding hydrogens is 513 g/mol. The summed E-state index contributed by atoms with van der Waals surface area (Å²) in [5.74, 6) is 0.333. The summed E-state index contributed by atoms with van der Waals surface area (Å²) in [5.41, 5.74) is 2.65. The number of nitro benzene ring substituents is 1. The van der Waals surface area contributed by atoms with E-state index in [-0.39, 0.29) is 29.4 Å². The zero-order valence-corrected chi connectivity index (χ0v) is 18.4. The Morgan fingerprint density at radius 1 is 1.26 bits per heavy atom. The van der Waals surface area contributed by atoms with E-state index in [0.717, 1.165) is 9.13 Å². The lowest BCUT2D eigenvalue weighted by atomic mass is 10.1. The minimum atomic E-state index is -0.549. The monoisotopic (exact) mass is 529 g/mol. The third-order valence-corrected chi connectivity index (χ3v) is 5.07. The summed E-state index contributed by atoms with van der Waals surface area (Å²) in [6.45, 7) is 1.99. The molecule has 0 atom stereocenters. The van der Waals surface area contributed by atoms with Crippen LogP contribution in [0.25, 0.3) is 22.6 Å². The zero-order valence-electron chi connectivity index (χ0n) is 16.3. The molecule has 1 aromatic heterocycles. The summed E-state index contributed by atoms with van der Waals surface area (Å²) in [6, 6.07) is 15.5. The highest BCUT2D eigenvalue weighted by Crippen LogP contribution is 2.34. The van der Waals surface area contributed by atoms with Crippen molar-refractivity contribution >= 4 is 51.3 Å². The molecule has 0 saturated carbocycles. The van der Waals surface area contributed by atoms with Gasteiger partial charge < -0.3 is 14.3 Å². The molecule has 1 N–H and O–H groups in total. The molecule has 0 aliphatic rings. The van der Waals surface area contributed by atoms with Gasteiger partial charge in [-0.15, -0.1) is 0 Å². The molecule has 156 valence electrons. The minimum absolute atomic E-state index is 0.0345. The van der Waals surface area contributed by atoms with Crippen molar-refractivity contribution in [2.75, 3.05) is 6.61 Å². The summed E-state index contributed by atoms with van der Waals surface area (Å²) < 4.78 is 12.2. The minimum Gasteiger partial charge on any atom is -0.504 e. The first-order valence-electron chi connectivity index (χ1n) is 9.29. The van der Waals surface area contributed by atoms with E-state index in [1.165, 1.54) is 18.3 Å². The molecule has 8 nitrogen and oxygen atoms in total. The van der Waals surface area contributed by atoms with Gasteiger partial charge >= 0.3 is 0 Å². The number of hydrogen-bond acceptors (Lipinski definition) is 7. The van der Waals surface area contributed by atoms with Crippen molar-refractivity contribution in [3.63, 3.8) is 0 Å². The Kier molecular flexibility index (Phi) is 5.85. The van der Waals surface area contributed by atoms with E-state index in [4.69, 9.17) is 9.15 Å². The van der Waals surface area contributed by atoms with E-state index in [1.54, 1.807) is 25.1 Å². The fourth-order valence-electron chi connectivity index (χ4n) is 2.97. The molecule has 0 fully saturated rings. The molecule has 0 saturated heterocycles. The normalized spacial score (nSPS) is 11.3. The molecule has 0 aliphatic heterocycles. The van der Waals surface area contributed by atoms with E-state index in [2.05, 4.69) is 32.6 Å². The van der Waals surface area contributed by atoms with Crippen molar-refractivity contribution in [1.29, 1.82) is 0 Å². The average molecular weight is 529 g/mol. The van der Waals surface area contributed by atoms with Gasteiger partial charge in [0.2, 0.25) is 5.89 Å². The topological polar surface area (TPSA) is 111 Å². The Labute approximate surface area is 190 Å². The van der Waals surface area contributed by atoms with E-state index in [9.17, 15) is 15.2 Å². The summed E-state index contributed by atoms with van der Waals surface area (Å²) in [5, 5.41) is 21.5. The standard InChI is InChI=1S/C22H16IN3O5/c1-2-30-20-11-17(26(28)29)9-14(21(20)27)12-24-16-6-7-19-18(10-16)25-22(31-19)13-4-3-5-15(23)8-13/h3-12,27H,2H2,1H3. The van der Waals surface area contributed by atoms with Crippen molar-refractivity contribution in [2.45, 2.75) is 6.92 Å². The Morgan fingerprint density at radius 2 is 2.10 bits per heavy atom. The van der Waals surface area contributed by atoms with Gasteiger partial charge in [-0.3, -0.25) is 15.1 Å². The smallest absolute Gasteiger partial charge is 0.274 e. The summed E-state index contributed by atoms with van der Waals surface area (Å²) in [4.78, 5) is 19.5. The van der Waals surface area contributed by atoms with Crippen molar-refractivity contribution in [1.82, 2.24) is 4.98 Å². The van der Waals surface area contributed by atoms with Crippen LogP contribution in [-0.4, -0.2) is 27.8 Å². The number of fused-ring (bicyclic) bond motifs is 1. The number of aliphatic imine (C=N–C) groups is 1. The van der Waals surface area contributed by atoms with Crippen LogP contribution < -0.4 is 4.74 Å². The third kappa shape index (κ3) is 4.50. The van der Waals surface area contributed by atoms with Gasteiger partial charge in [0.1, 0.15) is 5.52 Å². The number of aromatic hydroxyl groups is 1. The van der Waals surface area contributed by atoms with Gasteiger partial charge in [0.15, 0.2) is 17.1 Å². The fourth-order valence-corrected chi connectivity index (χ4v) is 3.51. The molecule has 4 aromatic rings. The van der Waals surface area contributed by atoms with Gasteiger partial charge in [-0.05, 0) is 65.9 Å². The van der Waals surface area contributed by atoms with Crippen LogP contribution in [0.1, 0.15) is 12.5 Å². The van der Waals surface area contributed by atoms with Crippen molar-refractivity contribution < 1.29 is 19.2 Å². The Bertz CT molecular complexity index is 1320. The number of benzene rings is 3. The van der Waals surface area contributed by atoms with Crippen LogP contribution in [0.5, 0.6) is 11.5 Å². The van der Waals surface area contributed by atoms with E-state index in [0.29, 0.717) is 22.7 Å². The van der Waals surface area contributed by atoms with Gasteiger partial charge in [-0.2, -0.15) is 0 Å². The van der Waals surface area contributed by atoms with Crippen molar-refractivity contribution in [2.24, 2.45) is 4.99 Å².